The van der Waals surface area contributed by atoms with Crippen LogP contribution in [-0.2, 0) is 15.1 Å². The van der Waals surface area contributed by atoms with Crippen LogP contribution >= 0.6 is 22.6 Å². The van der Waals surface area contributed by atoms with Crippen LogP contribution in [0, 0.1) is 11.3 Å². The molecule has 2 aromatic rings. The van der Waals surface area contributed by atoms with Gasteiger partial charge >= 0.3 is 5.97 Å². The number of likely N-dealkylation sites (N-methyl/N-ethyl adjacent to an activating group) is 1. The van der Waals surface area contributed by atoms with Crippen LogP contribution in [0.2, 0.25) is 0 Å². The van der Waals surface area contributed by atoms with E-state index in [4.69, 9.17) is 19.8 Å². The fraction of sp³-hybridized carbons (Fsp3) is 0.444. The number of carboxylic acid groups (broad SMARTS) is 1. The summed E-state index contributed by atoms with van der Waals surface area (Å²) in [6, 6.07) is 15.9. The number of alkyl halides is 1. The van der Waals surface area contributed by atoms with Crippen LogP contribution in [0.4, 0.5) is 0 Å². The second kappa shape index (κ2) is 12.5. The minimum Gasteiger partial charge on any atom is -0.492 e. The number of ether oxygens (including phenoxy) is 2. The molecule has 2 aromatic carbocycles. The van der Waals surface area contributed by atoms with Crippen molar-refractivity contribution < 1.29 is 24.2 Å². The van der Waals surface area contributed by atoms with E-state index in [9.17, 15) is 9.59 Å². The lowest BCUT2D eigenvalue weighted by molar-refractivity contribution is -0.140. The first-order chi connectivity index (χ1) is 17.4. The number of carboxylic acids is 1. The number of carbonyl (C=O) groups is 2. The van der Waals surface area contributed by atoms with Crippen molar-refractivity contribution in [3.05, 3.63) is 65.2 Å². The number of halogens is 1. The van der Waals surface area contributed by atoms with Crippen molar-refractivity contribution in [2.45, 2.75) is 36.8 Å². The zero-order valence-corrected chi connectivity index (χ0v) is 22.8. The molecule has 4 rings (SSSR count). The summed E-state index contributed by atoms with van der Waals surface area (Å²) in [6.45, 7) is 1.92. The van der Waals surface area contributed by atoms with E-state index in [1.165, 1.54) is 0 Å². The van der Waals surface area contributed by atoms with Crippen LogP contribution in [0.1, 0.15) is 47.2 Å². The van der Waals surface area contributed by atoms with Crippen molar-refractivity contribution in [1.82, 2.24) is 10.2 Å². The molecule has 9 heteroatoms. The molecule has 1 aliphatic carbocycles. The van der Waals surface area contributed by atoms with Gasteiger partial charge in [0.2, 0.25) is 5.91 Å². The third-order valence-electron chi connectivity index (χ3n) is 6.92. The number of hydrogen-bond acceptors (Lipinski definition) is 6. The number of amides is 1. The SMILES string of the molecule is CI.CN(CCOc1cccc(C#N)c1)C1(C(=O)NC2(c3ccc(C(=O)O)cc3)CC2)CCOCC1. The van der Waals surface area contributed by atoms with Gasteiger partial charge in [0, 0.05) is 19.8 Å². The molecule has 0 bridgehead atoms. The molecule has 0 aromatic heterocycles. The van der Waals surface area contributed by atoms with Gasteiger partial charge in [-0.15, -0.1) is 0 Å². The summed E-state index contributed by atoms with van der Waals surface area (Å²) in [6.07, 6.45) is 2.79. The Labute approximate surface area is 225 Å². The van der Waals surface area contributed by atoms with Crippen molar-refractivity contribution in [3.8, 4) is 11.8 Å². The molecule has 0 radical (unpaired) electrons. The first-order valence-electron chi connectivity index (χ1n) is 11.8. The highest BCUT2D eigenvalue weighted by atomic mass is 127. The van der Waals surface area contributed by atoms with Gasteiger partial charge in [-0.1, -0.05) is 40.8 Å². The van der Waals surface area contributed by atoms with Crippen molar-refractivity contribution in [2.24, 2.45) is 0 Å². The first kappa shape index (κ1) is 27.9. The maximum atomic E-state index is 13.7. The van der Waals surface area contributed by atoms with E-state index in [1.807, 2.05) is 22.9 Å². The average Bonchev–Trinajstić information content (AvgIpc) is 3.70. The monoisotopic (exact) mass is 605 g/mol. The molecule has 1 saturated heterocycles. The summed E-state index contributed by atoms with van der Waals surface area (Å²) in [4.78, 5) is 28.9. The van der Waals surface area contributed by atoms with Gasteiger partial charge in [-0.25, -0.2) is 4.79 Å². The van der Waals surface area contributed by atoms with E-state index in [0.29, 0.717) is 50.5 Å². The Morgan fingerprint density at radius 1 is 1.14 bits per heavy atom. The fourth-order valence-corrected chi connectivity index (χ4v) is 4.54. The summed E-state index contributed by atoms with van der Waals surface area (Å²) in [5.41, 5.74) is 0.529. The molecule has 8 nitrogen and oxygen atoms in total. The molecule has 2 aliphatic rings. The zero-order chi connectivity index (χ0) is 26.2. The topological polar surface area (TPSA) is 112 Å². The second-order valence-electron chi connectivity index (χ2n) is 8.97. The smallest absolute Gasteiger partial charge is 0.335 e. The van der Waals surface area contributed by atoms with Crippen LogP contribution in [0.3, 0.4) is 0 Å². The number of nitrogens with one attached hydrogen (secondary N) is 1. The average molecular weight is 605 g/mol. The summed E-state index contributed by atoms with van der Waals surface area (Å²) in [7, 11) is 1.93. The van der Waals surface area contributed by atoms with Crippen molar-refractivity contribution >= 4 is 34.5 Å². The van der Waals surface area contributed by atoms with Crippen molar-refractivity contribution in [2.75, 3.05) is 38.3 Å². The lowest BCUT2D eigenvalue weighted by atomic mass is 9.86. The van der Waals surface area contributed by atoms with Crippen molar-refractivity contribution in [3.63, 3.8) is 0 Å². The van der Waals surface area contributed by atoms with E-state index in [0.717, 1.165) is 18.4 Å². The molecule has 36 heavy (non-hydrogen) atoms. The highest BCUT2D eigenvalue weighted by Gasteiger charge is 2.51. The Kier molecular flexibility index (Phi) is 9.70. The Morgan fingerprint density at radius 2 is 1.81 bits per heavy atom. The maximum Gasteiger partial charge on any atom is 0.335 e. The Bertz CT molecular complexity index is 1090. The van der Waals surface area contributed by atoms with Gasteiger partial charge in [0.25, 0.3) is 0 Å². The summed E-state index contributed by atoms with van der Waals surface area (Å²) in [5, 5.41) is 21.5. The quantitative estimate of drug-likeness (QED) is 0.329. The predicted octanol–water partition coefficient (Wildman–Crippen LogP) is 3.97. The van der Waals surface area contributed by atoms with E-state index < -0.39 is 17.0 Å². The van der Waals surface area contributed by atoms with Crippen LogP contribution < -0.4 is 10.1 Å². The highest BCUT2D eigenvalue weighted by Crippen LogP contribution is 2.46. The highest BCUT2D eigenvalue weighted by molar-refractivity contribution is 14.1. The standard InChI is InChI=1S/C26H29N3O5.CH3I/c1-29(13-16-34-22-4-2-3-19(17-22)18-27)26(11-14-33-15-12-26)24(32)28-25(9-10-25)21-7-5-20(6-8-21)23(30)31;1-2/h2-8,17H,9-16H2,1H3,(H,28,32)(H,30,31);1H3. The number of nitrogens with zero attached hydrogens (tertiary/aromatic N) is 2. The molecule has 192 valence electrons. The zero-order valence-electron chi connectivity index (χ0n) is 20.6. The fourth-order valence-electron chi connectivity index (χ4n) is 4.54. The summed E-state index contributed by atoms with van der Waals surface area (Å²) >= 11 is 2.15. The Hall–Kier alpha value is -2.68. The molecule has 0 spiro atoms. The third-order valence-corrected chi connectivity index (χ3v) is 6.92. The van der Waals surface area contributed by atoms with E-state index in [-0.39, 0.29) is 11.5 Å². The minimum atomic E-state index is -0.968. The van der Waals surface area contributed by atoms with Gasteiger partial charge < -0.3 is 19.9 Å². The minimum absolute atomic E-state index is 0.0374. The number of hydrogen-bond donors (Lipinski definition) is 2. The Balaban J connectivity index is 0.00000176. The lowest BCUT2D eigenvalue weighted by Crippen LogP contribution is -2.62. The van der Waals surface area contributed by atoms with Gasteiger partial charge in [-0.2, -0.15) is 5.26 Å². The third kappa shape index (κ3) is 6.35. The van der Waals surface area contributed by atoms with Crippen LogP contribution in [0.25, 0.3) is 0 Å². The van der Waals surface area contributed by atoms with Crippen molar-refractivity contribution in [1.29, 1.82) is 5.26 Å². The largest absolute Gasteiger partial charge is 0.492 e. The van der Waals surface area contributed by atoms with Gasteiger partial charge in [0.15, 0.2) is 0 Å². The molecule has 1 saturated carbocycles. The van der Waals surface area contributed by atoms with Crippen LogP contribution in [-0.4, -0.2) is 65.8 Å². The second-order valence-corrected chi connectivity index (χ2v) is 8.97. The molecule has 1 aliphatic heterocycles. The molecule has 2 N–H and O–H groups in total. The van der Waals surface area contributed by atoms with Crippen LogP contribution in [0.15, 0.2) is 48.5 Å². The molecule has 0 atom stereocenters. The molecular formula is C27H32IN3O5. The van der Waals surface area contributed by atoms with Gasteiger partial charge in [0.1, 0.15) is 17.9 Å². The molecule has 0 unspecified atom stereocenters. The van der Waals surface area contributed by atoms with Gasteiger partial charge in [-0.3, -0.25) is 9.69 Å². The number of nitriles is 1. The lowest BCUT2D eigenvalue weighted by Gasteiger charge is -2.43. The molecule has 1 heterocycles. The summed E-state index contributed by atoms with van der Waals surface area (Å²) < 4.78 is 11.4. The number of aromatic carboxylic acids is 1. The van der Waals surface area contributed by atoms with E-state index in [2.05, 4.69) is 34.0 Å². The van der Waals surface area contributed by atoms with Crippen LogP contribution in [0.5, 0.6) is 5.75 Å². The number of carbonyl (C=O) groups excluding carboxylic acids is 1. The van der Waals surface area contributed by atoms with Gasteiger partial charge in [0.05, 0.1) is 22.7 Å². The summed E-state index contributed by atoms with van der Waals surface area (Å²) in [5.74, 6) is -0.381. The number of rotatable bonds is 9. The van der Waals surface area contributed by atoms with E-state index >= 15 is 0 Å². The molecule has 2 fully saturated rings. The Morgan fingerprint density at radius 3 is 2.39 bits per heavy atom. The molecular weight excluding hydrogens is 573 g/mol. The normalized spacial score (nSPS) is 17.2. The van der Waals surface area contributed by atoms with E-state index in [1.54, 1.807) is 42.5 Å². The maximum absolute atomic E-state index is 13.7. The first-order valence-corrected chi connectivity index (χ1v) is 14.0. The van der Waals surface area contributed by atoms with Gasteiger partial charge in [-0.05, 0) is 73.6 Å². The molecule has 1 amide bonds. The predicted molar refractivity (Wildman–Crippen MR) is 144 cm³/mol. The number of benzene rings is 2.